The standard InChI is InChI=1S/C21H19Cl2NO5/c1-12(20(26)13-6-8-15(28-2)9-7-13)29-21(27)14-10-18(25)24(11-14)17-5-3-4-16(22)19(17)23/h3-9,12,14H,10-11H2,1-2H3/t12-,14-/m1/s1. The number of hydrogen-bond acceptors (Lipinski definition) is 5. The molecule has 29 heavy (non-hydrogen) atoms. The van der Waals surface area contributed by atoms with Crippen molar-refractivity contribution >= 4 is 46.5 Å². The van der Waals surface area contributed by atoms with E-state index in [1.165, 1.54) is 18.9 Å². The lowest BCUT2D eigenvalue weighted by molar-refractivity contribution is -0.151. The molecule has 1 saturated heterocycles. The van der Waals surface area contributed by atoms with Crippen molar-refractivity contribution in [3.8, 4) is 5.75 Å². The van der Waals surface area contributed by atoms with Crippen LogP contribution in [0.1, 0.15) is 23.7 Å². The minimum Gasteiger partial charge on any atom is -0.497 e. The minimum absolute atomic E-state index is 0.0227. The van der Waals surface area contributed by atoms with Crippen molar-refractivity contribution in [3.63, 3.8) is 0 Å². The summed E-state index contributed by atoms with van der Waals surface area (Å²) in [5.41, 5.74) is 0.850. The number of carbonyl (C=O) groups is 3. The first kappa shape index (κ1) is 21.1. The van der Waals surface area contributed by atoms with E-state index in [0.717, 1.165) is 0 Å². The van der Waals surface area contributed by atoms with Crippen molar-refractivity contribution in [2.45, 2.75) is 19.4 Å². The molecule has 8 heteroatoms. The highest BCUT2D eigenvalue weighted by Crippen LogP contribution is 2.36. The van der Waals surface area contributed by atoms with Gasteiger partial charge in [0.25, 0.3) is 0 Å². The van der Waals surface area contributed by atoms with Crippen LogP contribution in [-0.4, -0.2) is 37.4 Å². The van der Waals surface area contributed by atoms with Crippen molar-refractivity contribution in [2.75, 3.05) is 18.6 Å². The van der Waals surface area contributed by atoms with E-state index in [4.69, 9.17) is 32.7 Å². The van der Waals surface area contributed by atoms with Gasteiger partial charge in [-0.3, -0.25) is 14.4 Å². The van der Waals surface area contributed by atoms with Gasteiger partial charge in [0.15, 0.2) is 6.10 Å². The molecule has 0 saturated carbocycles. The zero-order chi connectivity index (χ0) is 21.1. The maximum atomic E-state index is 12.5. The van der Waals surface area contributed by atoms with Crippen LogP contribution >= 0.6 is 23.2 Å². The number of methoxy groups -OCH3 is 1. The summed E-state index contributed by atoms with van der Waals surface area (Å²) in [4.78, 5) is 38.8. The fourth-order valence-corrected chi connectivity index (χ4v) is 3.51. The zero-order valence-electron chi connectivity index (χ0n) is 15.9. The smallest absolute Gasteiger partial charge is 0.312 e. The van der Waals surface area contributed by atoms with Crippen LogP contribution in [0.2, 0.25) is 10.0 Å². The van der Waals surface area contributed by atoms with Gasteiger partial charge < -0.3 is 14.4 Å². The van der Waals surface area contributed by atoms with Gasteiger partial charge in [-0.05, 0) is 43.3 Å². The summed E-state index contributed by atoms with van der Waals surface area (Å²) >= 11 is 12.2. The summed E-state index contributed by atoms with van der Waals surface area (Å²) in [6.07, 6.45) is -1.000. The molecule has 0 aromatic heterocycles. The number of esters is 1. The summed E-state index contributed by atoms with van der Waals surface area (Å²) < 4.78 is 10.4. The summed E-state index contributed by atoms with van der Waals surface area (Å²) in [6.45, 7) is 1.62. The van der Waals surface area contributed by atoms with Gasteiger partial charge in [0.1, 0.15) is 5.75 Å². The molecular formula is C21H19Cl2NO5. The van der Waals surface area contributed by atoms with E-state index < -0.39 is 18.0 Å². The summed E-state index contributed by atoms with van der Waals surface area (Å²) in [5.74, 6) is -1.27. The second-order valence-electron chi connectivity index (χ2n) is 6.65. The Kier molecular flexibility index (Phi) is 6.45. The number of carbonyl (C=O) groups excluding carboxylic acids is 3. The van der Waals surface area contributed by atoms with Crippen LogP contribution in [0.3, 0.4) is 0 Å². The molecule has 3 rings (SSSR count). The van der Waals surface area contributed by atoms with Crippen LogP contribution < -0.4 is 9.64 Å². The van der Waals surface area contributed by atoms with Gasteiger partial charge >= 0.3 is 5.97 Å². The number of hydrogen-bond donors (Lipinski definition) is 0. The fourth-order valence-electron chi connectivity index (χ4n) is 3.11. The Morgan fingerprint density at radius 2 is 1.83 bits per heavy atom. The Hall–Kier alpha value is -2.57. The molecule has 2 atom stereocenters. The lowest BCUT2D eigenvalue weighted by atomic mass is 10.1. The van der Waals surface area contributed by atoms with Crippen molar-refractivity contribution in [1.29, 1.82) is 0 Å². The van der Waals surface area contributed by atoms with Crippen LogP contribution in [-0.2, 0) is 14.3 Å². The number of Topliss-reactive ketones (excluding diaryl/α,β-unsaturated/α-hetero) is 1. The molecule has 1 amide bonds. The molecule has 2 aromatic rings. The van der Waals surface area contributed by atoms with Gasteiger partial charge in [0.2, 0.25) is 11.7 Å². The van der Waals surface area contributed by atoms with E-state index >= 15 is 0 Å². The molecule has 1 fully saturated rings. The number of ether oxygens (including phenoxy) is 2. The summed E-state index contributed by atoms with van der Waals surface area (Å²) in [5, 5.41) is 0.571. The molecule has 0 aliphatic carbocycles. The number of ketones is 1. The van der Waals surface area contributed by atoms with Gasteiger partial charge in [-0.1, -0.05) is 29.3 Å². The Balaban J connectivity index is 1.65. The van der Waals surface area contributed by atoms with E-state index in [1.807, 2.05) is 0 Å². The van der Waals surface area contributed by atoms with E-state index in [1.54, 1.807) is 42.5 Å². The number of nitrogens with zero attached hydrogens (tertiary/aromatic N) is 1. The van der Waals surface area contributed by atoms with Gasteiger partial charge in [-0.25, -0.2) is 0 Å². The molecule has 2 aromatic carbocycles. The maximum absolute atomic E-state index is 12.5. The van der Waals surface area contributed by atoms with E-state index in [2.05, 4.69) is 0 Å². The monoisotopic (exact) mass is 435 g/mol. The third-order valence-electron chi connectivity index (χ3n) is 4.72. The lowest BCUT2D eigenvalue weighted by Gasteiger charge is -2.19. The molecule has 6 nitrogen and oxygen atoms in total. The highest BCUT2D eigenvalue weighted by atomic mass is 35.5. The average Bonchev–Trinajstić information content (AvgIpc) is 3.11. The van der Waals surface area contributed by atoms with Gasteiger partial charge in [-0.2, -0.15) is 0 Å². The Labute approximate surface area is 178 Å². The van der Waals surface area contributed by atoms with Crippen molar-refractivity contribution in [3.05, 3.63) is 58.1 Å². The number of benzene rings is 2. The molecule has 1 aliphatic heterocycles. The summed E-state index contributed by atoms with van der Waals surface area (Å²) in [7, 11) is 1.53. The van der Waals surface area contributed by atoms with Crippen LogP contribution in [0.4, 0.5) is 5.69 Å². The van der Waals surface area contributed by atoms with Crippen LogP contribution in [0.5, 0.6) is 5.75 Å². The lowest BCUT2D eigenvalue weighted by Crippen LogP contribution is -2.30. The quantitative estimate of drug-likeness (QED) is 0.502. The van der Waals surface area contributed by atoms with Crippen LogP contribution in [0.15, 0.2) is 42.5 Å². The molecular weight excluding hydrogens is 417 g/mol. The molecule has 0 bridgehead atoms. The maximum Gasteiger partial charge on any atom is 0.312 e. The number of halogens is 2. The Bertz CT molecular complexity index is 945. The van der Waals surface area contributed by atoms with E-state index in [9.17, 15) is 14.4 Å². The molecule has 1 aliphatic rings. The van der Waals surface area contributed by atoms with Crippen molar-refractivity contribution < 1.29 is 23.9 Å². The van der Waals surface area contributed by atoms with Crippen LogP contribution in [0, 0.1) is 5.92 Å². The molecule has 0 radical (unpaired) electrons. The second-order valence-corrected chi connectivity index (χ2v) is 7.44. The van der Waals surface area contributed by atoms with Crippen LogP contribution in [0.25, 0.3) is 0 Å². The van der Waals surface area contributed by atoms with Gasteiger partial charge in [0.05, 0.1) is 28.8 Å². The first-order valence-electron chi connectivity index (χ1n) is 8.95. The zero-order valence-corrected chi connectivity index (χ0v) is 17.4. The minimum atomic E-state index is -0.977. The Morgan fingerprint density at radius 1 is 1.14 bits per heavy atom. The third-order valence-corrected chi connectivity index (χ3v) is 5.53. The predicted octanol–water partition coefficient (Wildman–Crippen LogP) is 4.17. The number of rotatable bonds is 6. The number of anilines is 1. The third kappa shape index (κ3) is 4.54. The normalized spacial score (nSPS) is 17.2. The highest BCUT2D eigenvalue weighted by Gasteiger charge is 2.38. The predicted molar refractivity (Wildman–Crippen MR) is 110 cm³/mol. The molecule has 0 unspecified atom stereocenters. The topological polar surface area (TPSA) is 72.9 Å². The molecule has 152 valence electrons. The van der Waals surface area contributed by atoms with Crippen molar-refractivity contribution in [2.24, 2.45) is 5.92 Å². The molecule has 0 spiro atoms. The van der Waals surface area contributed by atoms with Crippen molar-refractivity contribution in [1.82, 2.24) is 0 Å². The average molecular weight is 436 g/mol. The molecule has 1 heterocycles. The first-order chi connectivity index (χ1) is 13.8. The Morgan fingerprint density at radius 3 is 2.48 bits per heavy atom. The fraction of sp³-hybridized carbons (Fsp3) is 0.286. The highest BCUT2D eigenvalue weighted by molar-refractivity contribution is 6.44. The van der Waals surface area contributed by atoms with E-state index in [-0.39, 0.29) is 29.7 Å². The second kappa shape index (κ2) is 8.84. The van der Waals surface area contributed by atoms with Gasteiger partial charge in [-0.15, -0.1) is 0 Å². The largest absolute Gasteiger partial charge is 0.497 e. The van der Waals surface area contributed by atoms with Gasteiger partial charge in [0, 0.05) is 18.5 Å². The summed E-state index contributed by atoms with van der Waals surface area (Å²) in [6, 6.07) is 11.5. The first-order valence-corrected chi connectivity index (χ1v) is 9.70. The SMILES string of the molecule is COc1ccc(C(=O)[C@@H](C)OC(=O)[C@@H]2CC(=O)N(c3cccc(Cl)c3Cl)C2)cc1. The number of amides is 1. The molecule has 0 N–H and O–H groups in total. The van der Waals surface area contributed by atoms with E-state index in [0.29, 0.717) is 22.0 Å².